The van der Waals surface area contributed by atoms with Gasteiger partial charge in [0.2, 0.25) is 5.91 Å². The molecule has 1 aromatic carbocycles. The molecule has 2 aliphatic heterocycles. The number of alkyl halides is 1. The first-order chi connectivity index (χ1) is 16.3. The standard InChI is InChI=1S/C23H27FN4O5S/c1-23(24)13-33-11-16-4-3-15(9-17(16)23)20(30)25-10-19(29)27-21-26-18(12-34-21)14-5-7-28(8-6-14)22(31)32-2/h3-4,9,12,14H,5-8,10-11,13H2,1-2H3,(H,25,30)(H,26,27,29)/t23-/m1/s1. The Morgan fingerprint density at radius 2 is 2.09 bits per heavy atom. The van der Waals surface area contributed by atoms with Crippen LogP contribution in [0.15, 0.2) is 23.6 Å². The number of fused-ring (bicyclic) bond motifs is 1. The second-order valence-electron chi connectivity index (χ2n) is 8.60. The van der Waals surface area contributed by atoms with E-state index in [1.165, 1.54) is 31.4 Å². The summed E-state index contributed by atoms with van der Waals surface area (Å²) in [4.78, 5) is 42.6. The summed E-state index contributed by atoms with van der Waals surface area (Å²) in [5.41, 5.74) is 0.637. The van der Waals surface area contributed by atoms with Gasteiger partial charge >= 0.3 is 6.09 Å². The van der Waals surface area contributed by atoms with Crippen LogP contribution >= 0.6 is 11.3 Å². The second-order valence-corrected chi connectivity index (χ2v) is 9.46. The summed E-state index contributed by atoms with van der Waals surface area (Å²) >= 11 is 1.31. The van der Waals surface area contributed by atoms with Gasteiger partial charge in [-0.2, -0.15) is 0 Å². The second kappa shape index (κ2) is 10.1. The Kier molecular flexibility index (Phi) is 7.13. The van der Waals surface area contributed by atoms with Gasteiger partial charge < -0.3 is 25.0 Å². The summed E-state index contributed by atoms with van der Waals surface area (Å²) in [6.45, 7) is 2.62. The average molecular weight is 491 g/mol. The molecule has 0 unspecified atom stereocenters. The van der Waals surface area contributed by atoms with Gasteiger partial charge in [-0.25, -0.2) is 14.2 Å². The zero-order valence-electron chi connectivity index (χ0n) is 19.1. The quantitative estimate of drug-likeness (QED) is 0.666. The highest BCUT2D eigenvalue weighted by atomic mass is 32.1. The third kappa shape index (κ3) is 5.36. The molecule has 3 amide bonds. The molecule has 1 fully saturated rings. The highest BCUT2D eigenvalue weighted by Gasteiger charge is 2.33. The van der Waals surface area contributed by atoms with Gasteiger partial charge in [-0.3, -0.25) is 9.59 Å². The predicted octanol–water partition coefficient (Wildman–Crippen LogP) is 3.17. The van der Waals surface area contributed by atoms with Crippen molar-refractivity contribution in [1.29, 1.82) is 0 Å². The fourth-order valence-electron chi connectivity index (χ4n) is 4.20. The van der Waals surface area contributed by atoms with Crippen molar-refractivity contribution in [2.75, 3.05) is 38.7 Å². The number of ether oxygens (including phenoxy) is 2. The number of piperidine rings is 1. The van der Waals surface area contributed by atoms with E-state index in [1.807, 2.05) is 5.38 Å². The van der Waals surface area contributed by atoms with Crippen molar-refractivity contribution < 1.29 is 28.2 Å². The zero-order chi connectivity index (χ0) is 24.3. The van der Waals surface area contributed by atoms with Crippen LogP contribution in [0.1, 0.15) is 52.9 Å². The maximum absolute atomic E-state index is 14.7. The number of carbonyl (C=O) groups is 3. The first-order valence-electron chi connectivity index (χ1n) is 11.0. The summed E-state index contributed by atoms with van der Waals surface area (Å²) in [6.07, 6.45) is 1.22. The number of methoxy groups -OCH3 is 1. The first-order valence-corrected chi connectivity index (χ1v) is 11.9. The Balaban J connectivity index is 1.28. The molecule has 0 radical (unpaired) electrons. The minimum Gasteiger partial charge on any atom is -0.453 e. The Labute approximate surface area is 200 Å². The third-order valence-electron chi connectivity index (χ3n) is 6.09. The molecule has 182 valence electrons. The SMILES string of the molecule is COC(=O)N1CCC(c2csc(NC(=O)CNC(=O)c3ccc4c(c3)[C@](C)(F)COC4)n2)CC1. The summed E-state index contributed by atoms with van der Waals surface area (Å²) in [5, 5.41) is 7.62. The number of amides is 3. The minimum absolute atomic E-state index is 0.0618. The number of hydrogen-bond acceptors (Lipinski definition) is 7. The Morgan fingerprint density at radius 1 is 1.32 bits per heavy atom. The summed E-state index contributed by atoms with van der Waals surface area (Å²) < 4.78 is 24.7. The van der Waals surface area contributed by atoms with Crippen LogP contribution in [-0.4, -0.2) is 61.1 Å². The monoisotopic (exact) mass is 490 g/mol. The molecule has 0 bridgehead atoms. The van der Waals surface area contributed by atoms with E-state index in [4.69, 9.17) is 9.47 Å². The molecule has 9 nitrogen and oxygen atoms in total. The van der Waals surface area contributed by atoms with E-state index < -0.39 is 17.5 Å². The molecule has 4 rings (SSSR count). The largest absolute Gasteiger partial charge is 0.453 e. The average Bonchev–Trinajstić information content (AvgIpc) is 3.30. The van der Waals surface area contributed by atoms with Gasteiger partial charge in [0.15, 0.2) is 10.8 Å². The molecule has 0 spiro atoms. The highest BCUT2D eigenvalue weighted by molar-refractivity contribution is 7.13. The van der Waals surface area contributed by atoms with Crippen molar-refractivity contribution in [2.24, 2.45) is 0 Å². The van der Waals surface area contributed by atoms with Crippen molar-refractivity contribution >= 4 is 34.4 Å². The molecule has 11 heteroatoms. The number of anilines is 1. The zero-order valence-corrected chi connectivity index (χ0v) is 19.9. The Hall–Kier alpha value is -3.05. The molecular formula is C23H27FN4O5S. The number of nitrogens with one attached hydrogen (secondary N) is 2. The molecule has 1 aromatic heterocycles. The van der Waals surface area contributed by atoms with Crippen molar-refractivity contribution in [3.05, 3.63) is 46.0 Å². The topological polar surface area (TPSA) is 110 Å². The van der Waals surface area contributed by atoms with Crippen LogP contribution in [0.3, 0.4) is 0 Å². The number of halogens is 1. The van der Waals surface area contributed by atoms with Crippen LogP contribution < -0.4 is 10.6 Å². The fourth-order valence-corrected chi connectivity index (χ4v) is 5.01. The number of nitrogens with zero attached hydrogens (tertiary/aromatic N) is 2. The minimum atomic E-state index is -1.67. The van der Waals surface area contributed by atoms with E-state index in [-0.39, 0.29) is 30.7 Å². The van der Waals surface area contributed by atoms with Crippen LogP contribution in [0, 0.1) is 0 Å². The number of hydrogen-bond donors (Lipinski definition) is 2. The molecule has 34 heavy (non-hydrogen) atoms. The lowest BCUT2D eigenvalue weighted by atomic mass is 9.90. The lowest BCUT2D eigenvalue weighted by molar-refractivity contribution is -0.115. The molecular weight excluding hydrogens is 463 g/mol. The van der Waals surface area contributed by atoms with E-state index in [1.54, 1.807) is 17.0 Å². The van der Waals surface area contributed by atoms with Gasteiger partial charge in [0.25, 0.3) is 5.91 Å². The smallest absolute Gasteiger partial charge is 0.409 e. The van der Waals surface area contributed by atoms with E-state index >= 15 is 0 Å². The van der Waals surface area contributed by atoms with Crippen LogP contribution in [0.25, 0.3) is 0 Å². The normalized spacial score (nSPS) is 20.4. The maximum atomic E-state index is 14.7. The van der Waals surface area contributed by atoms with Crippen molar-refractivity contribution in [1.82, 2.24) is 15.2 Å². The fraction of sp³-hybridized carbons (Fsp3) is 0.478. The predicted molar refractivity (Wildman–Crippen MR) is 124 cm³/mol. The molecule has 3 heterocycles. The summed E-state index contributed by atoms with van der Waals surface area (Å²) in [7, 11) is 1.37. The van der Waals surface area contributed by atoms with Gasteiger partial charge in [-0.15, -0.1) is 11.3 Å². The first kappa shape index (κ1) is 24.1. The van der Waals surface area contributed by atoms with Crippen molar-refractivity contribution in [3.8, 4) is 0 Å². The van der Waals surface area contributed by atoms with Crippen LogP contribution in [-0.2, 0) is 26.5 Å². The van der Waals surface area contributed by atoms with E-state index in [0.717, 1.165) is 18.5 Å². The molecule has 1 saturated heterocycles. The van der Waals surface area contributed by atoms with Gasteiger partial charge in [-0.05, 0) is 43.0 Å². The molecule has 2 N–H and O–H groups in total. The maximum Gasteiger partial charge on any atom is 0.409 e. The number of likely N-dealkylation sites (tertiary alicyclic amines) is 1. The van der Waals surface area contributed by atoms with Crippen LogP contribution in [0.2, 0.25) is 0 Å². The van der Waals surface area contributed by atoms with Crippen LogP contribution in [0.5, 0.6) is 0 Å². The van der Waals surface area contributed by atoms with Crippen molar-refractivity contribution in [3.63, 3.8) is 0 Å². The van der Waals surface area contributed by atoms with Crippen molar-refractivity contribution in [2.45, 2.75) is 38.0 Å². The van der Waals surface area contributed by atoms with Crippen LogP contribution in [0.4, 0.5) is 14.3 Å². The molecule has 0 aliphatic carbocycles. The van der Waals surface area contributed by atoms with Gasteiger partial charge in [-0.1, -0.05) is 6.07 Å². The number of carbonyl (C=O) groups excluding carboxylic acids is 3. The summed E-state index contributed by atoms with van der Waals surface area (Å²) in [5.74, 6) is -0.660. The van der Waals surface area contributed by atoms with E-state index in [0.29, 0.717) is 36.0 Å². The molecule has 2 aromatic rings. The lowest BCUT2D eigenvalue weighted by Gasteiger charge is -2.30. The lowest BCUT2D eigenvalue weighted by Crippen LogP contribution is -2.37. The summed E-state index contributed by atoms with van der Waals surface area (Å²) in [6, 6.07) is 4.78. The van der Waals surface area contributed by atoms with Gasteiger partial charge in [0, 0.05) is 30.0 Å². The molecule has 2 aliphatic rings. The van der Waals surface area contributed by atoms with E-state index in [2.05, 4.69) is 15.6 Å². The Bertz CT molecular complexity index is 1080. The Morgan fingerprint density at radius 3 is 2.82 bits per heavy atom. The number of rotatable bonds is 5. The number of thiazole rings is 1. The van der Waals surface area contributed by atoms with Gasteiger partial charge in [0.1, 0.15) is 0 Å². The van der Waals surface area contributed by atoms with E-state index in [9.17, 15) is 18.8 Å². The highest BCUT2D eigenvalue weighted by Crippen LogP contribution is 2.34. The number of benzene rings is 1. The van der Waals surface area contributed by atoms with Gasteiger partial charge in [0.05, 0.1) is 32.6 Å². The number of aromatic nitrogens is 1. The third-order valence-corrected chi connectivity index (χ3v) is 6.86. The molecule has 1 atom stereocenters. The molecule has 0 saturated carbocycles.